The van der Waals surface area contributed by atoms with Gasteiger partial charge < -0.3 is 9.47 Å². The van der Waals surface area contributed by atoms with E-state index in [0.717, 1.165) is 43.2 Å². The Morgan fingerprint density at radius 1 is 1.00 bits per heavy atom. The van der Waals surface area contributed by atoms with Crippen LogP contribution in [0.3, 0.4) is 0 Å². The minimum absolute atomic E-state index is 0.696. The molecule has 23 heavy (non-hydrogen) atoms. The molecule has 0 fully saturated rings. The Balaban J connectivity index is 1.50. The molecule has 2 rings (SSSR count). The molecule has 0 saturated heterocycles. The summed E-state index contributed by atoms with van der Waals surface area (Å²) in [5.41, 5.74) is 1.03. The van der Waals surface area contributed by atoms with Crippen LogP contribution in [0.25, 0.3) is 0 Å². The summed E-state index contributed by atoms with van der Waals surface area (Å²) in [6.45, 7) is 6.01. The van der Waals surface area contributed by atoms with Gasteiger partial charge in [0.1, 0.15) is 12.4 Å². The number of unbranched alkanes of at least 4 members (excludes halogenated alkanes) is 7. The van der Waals surface area contributed by atoms with Crippen molar-refractivity contribution in [2.24, 2.45) is 4.99 Å². The number of benzene rings is 1. The predicted octanol–water partition coefficient (Wildman–Crippen LogP) is 5.15. The number of rotatable bonds is 12. The van der Waals surface area contributed by atoms with Gasteiger partial charge in [-0.2, -0.15) is 0 Å². The van der Waals surface area contributed by atoms with Crippen LogP contribution in [-0.4, -0.2) is 25.7 Å². The van der Waals surface area contributed by atoms with Crippen molar-refractivity contribution in [3.8, 4) is 5.75 Å². The fourth-order valence-electron chi connectivity index (χ4n) is 2.67. The highest BCUT2D eigenvalue weighted by Crippen LogP contribution is 2.16. The van der Waals surface area contributed by atoms with Crippen molar-refractivity contribution in [2.75, 3.05) is 19.8 Å². The maximum absolute atomic E-state index is 5.79. The lowest BCUT2D eigenvalue weighted by molar-refractivity contribution is 0.304. The molecule has 1 aromatic rings. The molecule has 0 spiro atoms. The minimum Gasteiger partial charge on any atom is -0.494 e. The number of allylic oxidation sites excluding steroid dienone is 1. The third kappa shape index (κ3) is 6.89. The average molecular weight is 315 g/mol. The highest BCUT2D eigenvalue weighted by molar-refractivity contribution is 5.94. The van der Waals surface area contributed by atoms with Crippen LogP contribution in [-0.2, 0) is 4.74 Å². The third-order valence-electron chi connectivity index (χ3n) is 4.01. The maximum Gasteiger partial charge on any atom is 0.216 e. The van der Waals surface area contributed by atoms with Crippen LogP contribution >= 0.6 is 0 Å². The Kier molecular flexibility index (Phi) is 8.31. The zero-order valence-corrected chi connectivity index (χ0v) is 14.1. The number of ether oxygens (including phenoxy) is 2. The Morgan fingerprint density at radius 2 is 1.70 bits per heavy atom. The number of hydrogen-bond donors (Lipinski definition) is 0. The van der Waals surface area contributed by atoms with Crippen molar-refractivity contribution >= 4 is 5.90 Å². The van der Waals surface area contributed by atoms with E-state index < -0.39 is 0 Å². The molecule has 1 aliphatic heterocycles. The van der Waals surface area contributed by atoms with E-state index in [4.69, 9.17) is 9.47 Å². The lowest BCUT2D eigenvalue weighted by atomic mass is 10.1. The van der Waals surface area contributed by atoms with Crippen LogP contribution in [0.5, 0.6) is 5.75 Å². The Bertz CT molecular complexity index is 479. The van der Waals surface area contributed by atoms with Gasteiger partial charge in [-0.1, -0.05) is 38.2 Å². The summed E-state index contributed by atoms with van der Waals surface area (Å²) < 4.78 is 11.2. The number of aliphatic imine (C=N–C) groups is 1. The monoisotopic (exact) mass is 315 g/mol. The summed E-state index contributed by atoms with van der Waals surface area (Å²) in [6.07, 6.45) is 12.2. The fraction of sp³-hybridized carbons (Fsp3) is 0.550. The Morgan fingerprint density at radius 3 is 2.35 bits per heavy atom. The summed E-state index contributed by atoms with van der Waals surface area (Å²) in [7, 11) is 0. The molecular formula is C20H29NO2. The second kappa shape index (κ2) is 10.9. The zero-order chi connectivity index (χ0) is 16.2. The highest BCUT2D eigenvalue weighted by atomic mass is 16.5. The van der Waals surface area contributed by atoms with E-state index in [1.807, 2.05) is 30.3 Å². The molecule has 0 atom stereocenters. The van der Waals surface area contributed by atoms with Gasteiger partial charge in [-0.25, -0.2) is 4.99 Å². The lowest BCUT2D eigenvalue weighted by Gasteiger charge is -2.07. The van der Waals surface area contributed by atoms with E-state index >= 15 is 0 Å². The van der Waals surface area contributed by atoms with E-state index in [-0.39, 0.29) is 0 Å². The van der Waals surface area contributed by atoms with Crippen LogP contribution in [0.1, 0.15) is 56.9 Å². The number of hydrogen-bond acceptors (Lipinski definition) is 3. The van der Waals surface area contributed by atoms with Gasteiger partial charge in [0.2, 0.25) is 5.90 Å². The van der Waals surface area contributed by atoms with Crippen LogP contribution in [0, 0.1) is 0 Å². The van der Waals surface area contributed by atoms with Gasteiger partial charge in [-0.3, -0.25) is 0 Å². The summed E-state index contributed by atoms with van der Waals surface area (Å²) >= 11 is 0. The molecule has 3 heteroatoms. The molecule has 0 amide bonds. The molecule has 0 aliphatic carbocycles. The van der Waals surface area contributed by atoms with Gasteiger partial charge in [0.15, 0.2) is 0 Å². The van der Waals surface area contributed by atoms with Crippen molar-refractivity contribution in [1.82, 2.24) is 0 Å². The van der Waals surface area contributed by atoms with Gasteiger partial charge in [0.05, 0.1) is 13.2 Å². The molecule has 0 bridgehead atoms. The van der Waals surface area contributed by atoms with E-state index in [1.54, 1.807) is 0 Å². The molecule has 1 aliphatic rings. The maximum atomic E-state index is 5.79. The average Bonchev–Trinajstić information content (AvgIpc) is 3.12. The molecule has 3 nitrogen and oxygen atoms in total. The van der Waals surface area contributed by atoms with Gasteiger partial charge in [0, 0.05) is 5.56 Å². The largest absolute Gasteiger partial charge is 0.494 e. The first-order valence-corrected chi connectivity index (χ1v) is 8.91. The van der Waals surface area contributed by atoms with Crippen molar-refractivity contribution < 1.29 is 9.47 Å². The Labute approximate surface area is 140 Å². The molecule has 0 saturated carbocycles. The fourth-order valence-corrected chi connectivity index (χ4v) is 2.67. The molecule has 0 radical (unpaired) electrons. The van der Waals surface area contributed by atoms with Crippen molar-refractivity contribution in [3.63, 3.8) is 0 Å². The first-order chi connectivity index (χ1) is 11.4. The zero-order valence-electron chi connectivity index (χ0n) is 14.1. The summed E-state index contributed by atoms with van der Waals surface area (Å²) in [4.78, 5) is 4.31. The van der Waals surface area contributed by atoms with E-state index in [0.29, 0.717) is 6.61 Å². The van der Waals surface area contributed by atoms with Gasteiger partial charge in [0.25, 0.3) is 0 Å². The van der Waals surface area contributed by atoms with Gasteiger partial charge in [-0.15, -0.1) is 6.58 Å². The first-order valence-electron chi connectivity index (χ1n) is 8.91. The topological polar surface area (TPSA) is 30.8 Å². The first kappa shape index (κ1) is 17.6. The van der Waals surface area contributed by atoms with Crippen molar-refractivity contribution in [1.29, 1.82) is 0 Å². The molecule has 126 valence electrons. The van der Waals surface area contributed by atoms with Crippen molar-refractivity contribution in [2.45, 2.75) is 51.4 Å². The summed E-state index contributed by atoms with van der Waals surface area (Å²) in [5, 5.41) is 0. The third-order valence-corrected chi connectivity index (χ3v) is 4.01. The number of nitrogens with zero attached hydrogens (tertiary/aromatic N) is 1. The molecule has 0 N–H and O–H groups in total. The smallest absolute Gasteiger partial charge is 0.216 e. The normalized spacial score (nSPS) is 13.5. The van der Waals surface area contributed by atoms with Crippen molar-refractivity contribution in [3.05, 3.63) is 42.5 Å². The van der Waals surface area contributed by atoms with Gasteiger partial charge >= 0.3 is 0 Å². The van der Waals surface area contributed by atoms with E-state index in [9.17, 15) is 0 Å². The Hall–Kier alpha value is -1.77. The highest BCUT2D eigenvalue weighted by Gasteiger charge is 2.09. The van der Waals surface area contributed by atoms with Crippen LogP contribution in [0.4, 0.5) is 0 Å². The van der Waals surface area contributed by atoms with Gasteiger partial charge in [-0.05, 0) is 43.5 Å². The molecule has 1 aromatic carbocycles. The standard InChI is InChI=1S/C20H29NO2/c1-2-3-4-5-6-7-8-9-10-16-22-19-13-11-18(12-14-19)20-21-15-17-23-20/h2,11-14H,1,3-10,15-17H2. The SMILES string of the molecule is C=CCCCCCCCCCOc1ccc(C2=NCCO2)cc1. The lowest BCUT2D eigenvalue weighted by Crippen LogP contribution is -2.01. The summed E-state index contributed by atoms with van der Waals surface area (Å²) in [6, 6.07) is 8.03. The van der Waals surface area contributed by atoms with Crippen LogP contribution in [0.15, 0.2) is 41.9 Å². The summed E-state index contributed by atoms with van der Waals surface area (Å²) in [5.74, 6) is 1.68. The molecule has 0 aromatic heterocycles. The minimum atomic E-state index is 0.696. The molecule has 0 unspecified atom stereocenters. The quantitative estimate of drug-likeness (QED) is 0.394. The molecule has 1 heterocycles. The second-order valence-corrected chi connectivity index (χ2v) is 5.96. The van der Waals surface area contributed by atoms with Crippen LogP contribution < -0.4 is 4.74 Å². The predicted molar refractivity (Wildman–Crippen MR) is 96.4 cm³/mol. The second-order valence-electron chi connectivity index (χ2n) is 5.96. The van der Waals surface area contributed by atoms with E-state index in [2.05, 4.69) is 11.6 Å². The molecular weight excluding hydrogens is 286 g/mol. The van der Waals surface area contributed by atoms with E-state index in [1.165, 1.54) is 38.5 Å². The van der Waals surface area contributed by atoms with Crippen LogP contribution in [0.2, 0.25) is 0 Å².